The fraction of sp³-hybridized carbons (Fsp3) is 0.381. The number of nitrogens with one attached hydrogen (secondary N) is 2. The zero-order valence-electron chi connectivity index (χ0n) is 15.5. The lowest BCUT2D eigenvalue weighted by Gasteiger charge is -2.58. The number of rotatable bonds is 5. The minimum absolute atomic E-state index is 0.0299. The zero-order valence-corrected chi connectivity index (χ0v) is 15.5. The molecule has 3 aromatic rings. The molecule has 1 saturated carbocycles. The van der Waals surface area contributed by atoms with Crippen molar-refractivity contribution in [3.05, 3.63) is 42.9 Å². The Morgan fingerprint density at radius 1 is 1.21 bits per heavy atom. The van der Waals surface area contributed by atoms with Crippen LogP contribution in [0.15, 0.2) is 42.9 Å². The molecule has 0 radical (unpaired) electrons. The highest BCUT2D eigenvalue weighted by Gasteiger charge is 2.53. The molecule has 2 aromatic heterocycles. The minimum Gasteiger partial charge on any atom is -0.310 e. The van der Waals surface area contributed by atoms with Gasteiger partial charge in [0.2, 0.25) is 5.91 Å². The van der Waals surface area contributed by atoms with Gasteiger partial charge in [0.1, 0.15) is 12.5 Å². The number of likely N-dealkylation sites (tertiary alicyclic amines) is 1. The van der Waals surface area contributed by atoms with Crippen LogP contribution in [0.2, 0.25) is 0 Å². The van der Waals surface area contributed by atoms with E-state index in [4.69, 9.17) is 0 Å². The third kappa shape index (κ3) is 3.05. The molecule has 2 fully saturated rings. The van der Waals surface area contributed by atoms with Crippen molar-refractivity contribution in [2.45, 2.75) is 12.8 Å². The predicted molar refractivity (Wildman–Crippen MR) is 106 cm³/mol. The molecule has 2 N–H and O–H groups in total. The van der Waals surface area contributed by atoms with Crippen molar-refractivity contribution >= 4 is 22.5 Å². The van der Waals surface area contributed by atoms with Gasteiger partial charge in [0.25, 0.3) is 0 Å². The Bertz CT molecular complexity index is 1000. The van der Waals surface area contributed by atoms with Crippen LogP contribution < -0.4 is 5.32 Å². The molecule has 1 saturated heterocycles. The maximum Gasteiger partial charge on any atom is 0.228 e. The standard InChI is InChI=1S/C21H22FN5O/c22-3-4-27-12-21(13-27)7-17(8-21)20(28)26-19-6-16-5-14(18-10-24-25-11-18)1-2-15(16)9-23-19/h1-2,5-6,9-11,17H,3-4,7-8,12-13H2,(H,24,25)(H,23,26,28). The number of hydrogen-bond acceptors (Lipinski definition) is 4. The Morgan fingerprint density at radius 3 is 2.82 bits per heavy atom. The molecule has 0 bridgehead atoms. The van der Waals surface area contributed by atoms with Gasteiger partial charge in [0.15, 0.2) is 0 Å². The van der Waals surface area contributed by atoms with Gasteiger partial charge in [0, 0.05) is 48.9 Å². The Balaban J connectivity index is 1.25. The first-order valence-electron chi connectivity index (χ1n) is 9.62. The zero-order chi connectivity index (χ0) is 19.1. The van der Waals surface area contributed by atoms with Crippen molar-refractivity contribution in [3.8, 4) is 11.1 Å². The molecule has 1 aromatic carbocycles. The molecule has 2 aliphatic rings. The van der Waals surface area contributed by atoms with Crippen LogP contribution in [-0.2, 0) is 4.79 Å². The maximum absolute atomic E-state index is 12.6. The summed E-state index contributed by atoms with van der Waals surface area (Å²) in [7, 11) is 0. The van der Waals surface area contributed by atoms with Crippen LogP contribution >= 0.6 is 0 Å². The Labute approximate surface area is 162 Å². The second kappa shape index (κ2) is 6.67. The highest BCUT2D eigenvalue weighted by Crippen LogP contribution is 2.52. The fourth-order valence-electron chi connectivity index (χ4n) is 4.64. The summed E-state index contributed by atoms with van der Waals surface area (Å²) < 4.78 is 12.4. The molecule has 5 rings (SSSR count). The van der Waals surface area contributed by atoms with E-state index >= 15 is 0 Å². The summed E-state index contributed by atoms with van der Waals surface area (Å²) in [5.74, 6) is 0.644. The van der Waals surface area contributed by atoms with Crippen LogP contribution in [0.1, 0.15) is 12.8 Å². The number of amides is 1. The molecule has 1 aliphatic carbocycles. The number of aromatic nitrogens is 3. The minimum atomic E-state index is -0.296. The Morgan fingerprint density at radius 2 is 2.07 bits per heavy atom. The van der Waals surface area contributed by atoms with Crippen LogP contribution in [0.5, 0.6) is 0 Å². The summed E-state index contributed by atoms with van der Waals surface area (Å²) in [6.45, 7) is 2.06. The maximum atomic E-state index is 12.6. The topological polar surface area (TPSA) is 73.9 Å². The number of benzene rings is 1. The van der Waals surface area contributed by atoms with Gasteiger partial charge in [0.05, 0.1) is 6.20 Å². The molecule has 3 heterocycles. The number of halogens is 1. The fourth-order valence-corrected chi connectivity index (χ4v) is 4.64. The van der Waals surface area contributed by atoms with Crippen molar-refractivity contribution in [1.82, 2.24) is 20.1 Å². The summed E-state index contributed by atoms with van der Waals surface area (Å²) in [4.78, 5) is 19.1. The third-order valence-electron chi connectivity index (χ3n) is 6.05. The predicted octanol–water partition coefficient (Wildman–Crippen LogP) is 3.24. The van der Waals surface area contributed by atoms with Crippen LogP contribution in [-0.4, -0.2) is 52.3 Å². The third-order valence-corrected chi connectivity index (χ3v) is 6.05. The molecule has 0 unspecified atom stereocenters. The van der Waals surface area contributed by atoms with Crippen molar-refractivity contribution in [2.75, 3.05) is 31.6 Å². The van der Waals surface area contributed by atoms with Crippen molar-refractivity contribution in [3.63, 3.8) is 0 Å². The summed E-state index contributed by atoms with van der Waals surface area (Å²) in [6, 6.07) is 8.04. The number of aromatic amines is 1. The molecule has 6 nitrogen and oxygen atoms in total. The molecule has 28 heavy (non-hydrogen) atoms. The number of pyridine rings is 1. The Kier molecular flexibility index (Phi) is 4.12. The smallest absolute Gasteiger partial charge is 0.228 e. The summed E-state index contributed by atoms with van der Waals surface area (Å²) >= 11 is 0. The molecular formula is C21H22FN5O. The molecule has 1 spiro atoms. The van der Waals surface area contributed by atoms with Gasteiger partial charge >= 0.3 is 0 Å². The van der Waals surface area contributed by atoms with E-state index in [9.17, 15) is 9.18 Å². The van der Waals surface area contributed by atoms with Gasteiger partial charge < -0.3 is 5.32 Å². The van der Waals surface area contributed by atoms with Gasteiger partial charge in [-0.25, -0.2) is 9.37 Å². The summed E-state index contributed by atoms with van der Waals surface area (Å²) in [6.07, 6.45) is 7.20. The molecule has 0 atom stereocenters. The normalized spacial score (nSPS) is 18.8. The first kappa shape index (κ1) is 17.3. The van der Waals surface area contributed by atoms with Gasteiger partial charge in [-0.05, 0) is 41.3 Å². The number of nitrogens with zero attached hydrogens (tertiary/aromatic N) is 3. The van der Waals surface area contributed by atoms with E-state index < -0.39 is 0 Å². The summed E-state index contributed by atoms with van der Waals surface area (Å²) in [5, 5.41) is 11.8. The second-order valence-electron chi connectivity index (χ2n) is 8.11. The van der Waals surface area contributed by atoms with E-state index in [2.05, 4.69) is 31.5 Å². The molecule has 7 heteroatoms. The lowest BCUT2D eigenvalue weighted by molar-refractivity contribution is -0.139. The van der Waals surface area contributed by atoms with Crippen molar-refractivity contribution in [1.29, 1.82) is 0 Å². The molecule has 1 aliphatic heterocycles. The highest BCUT2D eigenvalue weighted by atomic mass is 19.1. The largest absolute Gasteiger partial charge is 0.310 e. The van der Waals surface area contributed by atoms with E-state index in [0.717, 1.165) is 47.8 Å². The molecule has 1 amide bonds. The van der Waals surface area contributed by atoms with Crippen LogP contribution in [0.3, 0.4) is 0 Å². The average molecular weight is 379 g/mol. The first-order valence-corrected chi connectivity index (χ1v) is 9.62. The number of fused-ring (bicyclic) bond motifs is 1. The van der Waals surface area contributed by atoms with Crippen LogP contribution in [0.25, 0.3) is 21.9 Å². The molecular weight excluding hydrogens is 357 g/mol. The van der Waals surface area contributed by atoms with Crippen molar-refractivity contribution < 1.29 is 9.18 Å². The van der Waals surface area contributed by atoms with E-state index in [1.807, 2.05) is 24.4 Å². The number of carbonyl (C=O) groups is 1. The van der Waals surface area contributed by atoms with E-state index in [1.54, 1.807) is 12.4 Å². The van der Waals surface area contributed by atoms with E-state index in [0.29, 0.717) is 12.4 Å². The van der Waals surface area contributed by atoms with Crippen LogP contribution in [0.4, 0.5) is 10.2 Å². The number of alkyl halides is 1. The van der Waals surface area contributed by atoms with Gasteiger partial charge in [-0.1, -0.05) is 12.1 Å². The monoisotopic (exact) mass is 379 g/mol. The van der Waals surface area contributed by atoms with Gasteiger partial charge in [-0.15, -0.1) is 0 Å². The first-order chi connectivity index (χ1) is 13.6. The highest BCUT2D eigenvalue weighted by molar-refractivity contribution is 5.95. The average Bonchev–Trinajstić information content (AvgIpc) is 3.16. The lowest BCUT2D eigenvalue weighted by atomic mass is 9.57. The SMILES string of the molecule is O=C(Nc1cc2cc(-c3cn[nH]c3)ccc2cn1)C1CC2(C1)CN(CCF)C2. The number of anilines is 1. The number of hydrogen-bond donors (Lipinski definition) is 2. The van der Waals surface area contributed by atoms with Crippen molar-refractivity contribution in [2.24, 2.45) is 11.3 Å². The van der Waals surface area contributed by atoms with Gasteiger partial charge in [-0.2, -0.15) is 5.10 Å². The number of H-pyrrole nitrogens is 1. The quantitative estimate of drug-likeness (QED) is 0.714. The van der Waals surface area contributed by atoms with E-state index in [1.165, 1.54) is 0 Å². The number of carbonyl (C=O) groups excluding carboxylic acids is 1. The van der Waals surface area contributed by atoms with Crippen LogP contribution in [0, 0.1) is 11.3 Å². The summed E-state index contributed by atoms with van der Waals surface area (Å²) in [5.41, 5.74) is 2.33. The Hall–Kier alpha value is -2.80. The van der Waals surface area contributed by atoms with Gasteiger partial charge in [-0.3, -0.25) is 14.8 Å². The second-order valence-corrected chi connectivity index (χ2v) is 8.11. The lowest BCUT2D eigenvalue weighted by Crippen LogP contribution is -2.63. The van der Waals surface area contributed by atoms with E-state index in [-0.39, 0.29) is 23.9 Å². The molecule has 144 valence electrons.